The normalized spacial score (nSPS) is 11.7. The maximum Gasteiger partial charge on any atom is 0.267 e. The lowest BCUT2D eigenvalue weighted by Gasteiger charge is -2.13. The Morgan fingerprint density at radius 1 is 0.970 bits per heavy atom. The molecule has 0 radical (unpaired) electrons. The minimum absolute atomic E-state index is 0.101. The molecule has 0 N–H and O–H groups in total. The van der Waals surface area contributed by atoms with Crippen LogP contribution in [0.3, 0.4) is 0 Å². The molecule has 0 aliphatic rings. The van der Waals surface area contributed by atoms with Gasteiger partial charge in [-0.25, -0.2) is 9.55 Å². The predicted molar refractivity (Wildman–Crippen MR) is 130 cm³/mol. The molecule has 0 aliphatic carbocycles. The van der Waals surface area contributed by atoms with Crippen LogP contribution in [0, 0.1) is 13.8 Å². The van der Waals surface area contributed by atoms with E-state index in [4.69, 9.17) is 0 Å². The number of aryl methyl sites for hydroxylation is 2. The number of para-hydroxylation sites is 1. The third-order valence-corrected chi connectivity index (χ3v) is 6.73. The first-order valence-electron chi connectivity index (χ1n) is 10.6. The first-order chi connectivity index (χ1) is 16.1. The number of rotatable bonds is 4. The van der Waals surface area contributed by atoms with E-state index in [1.807, 2.05) is 95.7 Å². The molecule has 0 fully saturated rings. The van der Waals surface area contributed by atoms with E-state index < -0.39 is 0 Å². The van der Waals surface area contributed by atoms with Crippen LogP contribution in [0.25, 0.3) is 28.0 Å². The van der Waals surface area contributed by atoms with Gasteiger partial charge in [0.05, 0.1) is 22.3 Å². The highest BCUT2D eigenvalue weighted by molar-refractivity contribution is 7.98. The number of nitrogens with zero attached hydrogens (tertiary/aromatic N) is 6. The van der Waals surface area contributed by atoms with Crippen LogP contribution in [0.4, 0.5) is 0 Å². The summed E-state index contributed by atoms with van der Waals surface area (Å²) in [6.07, 6.45) is 4.01. The molecule has 8 heteroatoms. The van der Waals surface area contributed by atoms with Gasteiger partial charge >= 0.3 is 0 Å². The predicted octanol–water partition coefficient (Wildman–Crippen LogP) is 4.59. The Kier molecular flexibility index (Phi) is 4.55. The van der Waals surface area contributed by atoms with Crippen molar-refractivity contribution in [2.24, 2.45) is 0 Å². The largest absolute Gasteiger partial charge is 0.307 e. The van der Waals surface area contributed by atoms with Gasteiger partial charge in [0, 0.05) is 18.1 Å². The summed E-state index contributed by atoms with van der Waals surface area (Å²) in [5.74, 6) is 1.14. The molecule has 2 aromatic carbocycles. The quantitative estimate of drug-likeness (QED) is 0.366. The molecule has 0 amide bonds. The summed E-state index contributed by atoms with van der Waals surface area (Å²) >= 11 is 1.55. The van der Waals surface area contributed by atoms with Crippen molar-refractivity contribution in [3.63, 3.8) is 0 Å². The minimum atomic E-state index is -0.101. The Bertz CT molecular complexity index is 1700. The molecule has 0 spiro atoms. The van der Waals surface area contributed by atoms with Gasteiger partial charge in [0.25, 0.3) is 5.56 Å². The summed E-state index contributed by atoms with van der Waals surface area (Å²) in [6.45, 7) is 4.02. The smallest absolute Gasteiger partial charge is 0.267 e. The third-order valence-electron chi connectivity index (χ3n) is 5.76. The summed E-state index contributed by atoms with van der Waals surface area (Å²) in [5.41, 5.74) is 5.46. The van der Waals surface area contributed by atoms with E-state index in [0.717, 1.165) is 38.8 Å². The van der Waals surface area contributed by atoms with Crippen LogP contribution in [0.2, 0.25) is 0 Å². The van der Waals surface area contributed by atoms with Crippen LogP contribution in [-0.4, -0.2) is 28.5 Å². The molecular weight excluding hydrogens is 432 g/mol. The van der Waals surface area contributed by atoms with Crippen molar-refractivity contribution in [2.45, 2.75) is 24.8 Å². The van der Waals surface area contributed by atoms with Crippen LogP contribution >= 0.6 is 11.8 Å². The SMILES string of the molecule is Cc1ccc(C)c(-n2c(=O)c3ccccc3n3c(SCc4cn5ccccc5n4)nnc23)c1. The first kappa shape index (κ1) is 19.8. The number of fused-ring (bicyclic) bond motifs is 4. The molecule has 0 unspecified atom stereocenters. The summed E-state index contributed by atoms with van der Waals surface area (Å²) in [7, 11) is 0. The Morgan fingerprint density at radius 3 is 2.70 bits per heavy atom. The zero-order valence-corrected chi connectivity index (χ0v) is 19.0. The van der Waals surface area contributed by atoms with E-state index >= 15 is 0 Å². The van der Waals surface area contributed by atoms with Crippen LogP contribution in [0.1, 0.15) is 16.8 Å². The molecule has 4 aromatic heterocycles. The fourth-order valence-corrected chi connectivity index (χ4v) is 4.97. The fourth-order valence-electron chi connectivity index (χ4n) is 4.14. The van der Waals surface area contributed by atoms with Gasteiger partial charge in [-0.05, 0) is 55.3 Å². The molecule has 0 atom stereocenters. The second-order valence-electron chi connectivity index (χ2n) is 8.05. The van der Waals surface area contributed by atoms with Gasteiger partial charge in [0.1, 0.15) is 5.65 Å². The van der Waals surface area contributed by atoms with E-state index in [1.54, 1.807) is 16.3 Å². The second kappa shape index (κ2) is 7.60. The van der Waals surface area contributed by atoms with E-state index in [0.29, 0.717) is 16.9 Å². The first-order valence-corrected chi connectivity index (χ1v) is 11.6. The van der Waals surface area contributed by atoms with Crippen molar-refractivity contribution in [3.05, 3.63) is 100 Å². The number of thioether (sulfide) groups is 1. The monoisotopic (exact) mass is 452 g/mol. The van der Waals surface area contributed by atoms with E-state index in [2.05, 4.69) is 15.2 Å². The van der Waals surface area contributed by atoms with Crippen LogP contribution in [0.5, 0.6) is 0 Å². The molecule has 4 heterocycles. The highest BCUT2D eigenvalue weighted by atomic mass is 32.2. The number of pyridine rings is 1. The maximum absolute atomic E-state index is 13.6. The minimum Gasteiger partial charge on any atom is -0.307 e. The zero-order valence-electron chi connectivity index (χ0n) is 18.1. The topological polar surface area (TPSA) is 69.5 Å². The number of hydrogen-bond donors (Lipinski definition) is 0. The van der Waals surface area contributed by atoms with Gasteiger partial charge in [-0.2, -0.15) is 0 Å². The van der Waals surface area contributed by atoms with Crippen molar-refractivity contribution in [3.8, 4) is 5.69 Å². The van der Waals surface area contributed by atoms with E-state index in [1.165, 1.54) is 0 Å². The van der Waals surface area contributed by atoms with Crippen LogP contribution in [-0.2, 0) is 5.75 Å². The molecule has 7 nitrogen and oxygen atoms in total. The molecular formula is C25H20N6OS. The molecule has 0 saturated carbocycles. The van der Waals surface area contributed by atoms with E-state index in [9.17, 15) is 4.79 Å². The molecule has 33 heavy (non-hydrogen) atoms. The van der Waals surface area contributed by atoms with E-state index in [-0.39, 0.29) is 5.56 Å². The molecule has 0 bridgehead atoms. The average Bonchev–Trinajstić information content (AvgIpc) is 3.44. The Hall–Kier alpha value is -3.91. The molecule has 0 saturated heterocycles. The lowest BCUT2D eigenvalue weighted by molar-refractivity contribution is 0.927. The Labute approximate surface area is 193 Å². The lowest BCUT2D eigenvalue weighted by atomic mass is 10.1. The summed E-state index contributed by atoms with van der Waals surface area (Å²) in [6, 6.07) is 19.6. The Balaban J connectivity index is 1.53. The molecule has 0 aliphatic heterocycles. The van der Waals surface area contributed by atoms with Gasteiger partial charge in [-0.1, -0.05) is 42.1 Å². The third kappa shape index (κ3) is 3.22. The summed E-state index contributed by atoms with van der Waals surface area (Å²) < 4.78 is 5.65. The molecule has 6 rings (SSSR count). The van der Waals surface area contributed by atoms with Gasteiger partial charge < -0.3 is 4.40 Å². The lowest BCUT2D eigenvalue weighted by Crippen LogP contribution is -2.22. The zero-order chi connectivity index (χ0) is 22.5. The van der Waals surface area contributed by atoms with Crippen molar-refractivity contribution in [2.75, 3.05) is 0 Å². The summed E-state index contributed by atoms with van der Waals surface area (Å²) in [5, 5.41) is 10.3. The van der Waals surface area contributed by atoms with Crippen molar-refractivity contribution in [1.82, 2.24) is 28.5 Å². The van der Waals surface area contributed by atoms with Gasteiger partial charge in [0.15, 0.2) is 5.16 Å². The maximum atomic E-state index is 13.6. The van der Waals surface area contributed by atoms with Gasteiger partial charge in [0.2, 0.25) is 5.78 Å². The van der Waals surface area contributed by atoms with Crippen LogP contribution in [0.15, 0.2) is 83.0 Å². The highest BCUT2D eigenvalue weighted by Crippen LogP contribution is 2.26. The molecule has 6 aromatic rings. The van der Waals surface area contributed by atoms with Gasteiger partial charge in [-0.3, -0.25) is 9.20 Å². The summed E-state index contributed by atoms with van der Waals surface area (Å²) in [4.78, 5) is 18.2. The number of aromatic nitrogens is 6. The second-order valence-corrected chi connectivity index (χ2v) is 9.00. The Morgan fingerprint density at radius 2 is 1.82 bits per heavy atom. The van der Waals surface area contributed by atoms with Crippen molar-refractivity contribution < 1.29 is 0 Å². The average molecular weight is 453 g/mol. The number of benzene rings is 2. The number of imidazole rings is 1. The highest BCUT2D eigenvalue weighted by Gasteiger charge is 2.19. The van der Waals surface area contributed by atoms with Crippen molar-refractivity contribution >= 4 is 34.1 Å². The molecule has 162 valence electrons. The standard InChI is InChI=1S/C25H20N6OS/c1-16-10-11-17(2)21(13-16)30-23(32)19-7-3-4-8-20(19)31-24(30)27-28-25(31)33-15-18-14-29-12-6-5-9-22(29)26-18/h3-14H,15H2,1-2H3. The number of hydrogen-bond acceptors (Lipinski definition) is 5. The van der Waals surface area contributed by atoms with Crippen molar-refractivity contribution in [1.29, 1.82) is 0 Å². The fraction of sp³-hybridized carbons (Fsp3) is 0.120. The van der Waals surface area contributed by atoms with Crippen LogP contribution < -0.4 is 5.56 Å². The van der Waals surface area contributed by atoms with Gasteiger partial charge in [-0.15, -0.1) is 10.2 Å².